The Bertz CT molecular complexity index is 911. The number of amides is 2. The van der Waals surface area contributed by atoms with Gasteiger partial charge in [-0.2, -0.15) is 0 Å². The maximum Gasteiger partial charge on any atom is 0.311 e. The van der Waals surface area contributed by atoms with Gasteiger partial charge in [-0.05, 0) is 37.1 Å². The van der Waals surface area contributed by atoms with E-state index in [9.17, 15) is 23.9 Å². The number of hydrogen-bond donors (Lipinski definition) is 3. The van der Waals surface area contributed by atoms with E-state index >= 15 is 0 Å². The first-order valence-corrected chi connectivity index (χ1v) is 8.69. The van der Waals surface area contributed by atoms with Crippen LogP contribution >= 0.6 is 0 Å². The second kappa shape index (κ2) is 8.08. The summed E-state index contributed by atoms with van der Waals surface area (Å²) in [4.78, 5) is 35.6. The monoisotopic (exact) mass is 386 g/mol. The lowest BCUT2D eigenvalue weighted by atomic mass is 10.1. The summed E-state index contributed by atoms with van der Waals surface area (Å²) in [5.41, 5.74) is -0.668. The van der Waals surface area contributed by atoms with Crippen molar-refractivity contribution in [2.45, 2.75) is 12.8 Å². The molecule has 28 heavy (non-hydrogen) atoms. The Morgan fingerprint density at radius 1 is 1.07 bits per heavy atom. The average Bonchev–Trinajstić information content (AvgIpc) is 3.48. The molecule has 0 unspecified atom stereocenters. The number of hydrogen-bond acceptors (Lipinski definition) is 4. The van der Waals surface area contributed by atoms with Gasteiger partial charge in [-0.3, -0.25) is 14.4 Å². The van der Waals surface area contributed by atoms with Gasteiger partial charge >= 0.3 is 5.97 Å². The highest BCUT2D eigenvalue weighted by Gasteiger charge is 2.50. The molecule has 0 bridgehead atoms. The summed E-state index contributed by atoms with van der Waals surface area (Å²) < 4.78 is 19.0. The largest absolute Gasteiger partial charge is 0.483 e. The van der Waals surface area contributed by atoms with Gasteiger partial charge < -0.3 is 20.5 Å². The third-order valence-corrected chi connectivity index (χ3v) is 4.53. The Balaban J connectivity index is 1.59. The van der Waals surface area contributed by atoms with Crippen LogP contribution in [0.3, 0.4) is 0 Å². The van der Waals surface area contributed by atoms with Crippen molar-refractivity contribution in [2.75, 3.05) is 18.5 Å². The lowest BCUT2D eigenvalue weighted by molar-refractivity contribution is -0.143. The number of carboxylic acid groups (broad SMARTS) is 1. The van der Waals surface area contributed by atoms with Crippen LogP contribution in [-0.4, -0.2) is 36.0 Å². The summed E-state index contributed by atoms with van der Waals surface area (Å²) in [6.07, 6.45) is 1.05. The fourth-order valence-corrected chi connectivity index (χ4v) is 2.63. The number of benzene rings is 2. The molecule has 0 spiro atoms. The Labute approximate surface area is 160 Å². The van der Waals surface area contributed by atoms with Gasteiger partial charge in [0.1, 0.15) is 11.6 Å². The lowest BCUT2D eigenvalue weighted by Crippen LogP contribution is -2.34. The van der Waals surface area contributed by atoms with Crippen LogP contribution in [0.4, 0.5) is 10.1 Å². The van der Waals surface area contributed by atoms with Crippen molar-refractivity contribution in [3.63, 3.8) is 0 Å². The minimum Gasteiger partial charge on any atom is -0.483 e. The molecular weight excluding hydrogens is 367 g/mol. The van der Waals surface area contributed by atoms with Crippen LogP contribution in [0.25, 0.3) is 0 Å². The molecule has 0 aromatic heterocycles. The molecule has 0 atom stereocenters. The van der Waals surface area contributed by atoms with Gasteiger partial charge in [0.05, 0.1) is 16.7 Å². The predicted molar refractivity (Wildman–Crippen MR) is 98.6 cm³/mol. The summed E-state index contributed by atoms with van der Waals surface area (Å²) in [6.45, 7) is -0.388. The number of halogens is 1. The van der Waals surface area contributed by atoms with E-state index in [4.69, 9.17) is 4.74 Å². The zero-order chi connectivity index (χ0) is 20.1. The fourth-order valence-electron chi connectivity index (χ4n) is 2.63. The van der Waals surface area contributed by atoms with E-state index in [0.29, 0.717) is 12.8 Å². The summed E-state index contributed by atoms with van der Waals surface area (Å²) >= 11 is 0. The molecule has 0 saturated heterocycles. The summed E-state index contributed by atoms with van der Waals surface area (Å²) in [7, 11) is 0. The number of carboxylic acids is 1. The predicted octanol–water partition coefficient (Wildman–Crippen LogP) is 2.44. The van der Waals surface area contributed by atoms with Crippen LogP contribution in [0.2, 0.25) is 0 Å². The SMILES string of the molecule is O=C(COc1ccccc1C(=O)NCC1(C(=O)O)CC1)Nc1ccccc1F. The van der Waals surface area contributed by atoms with Crippen LogP contribution < -0.4 is 15.4 Å². The third-order valence-electron chi connectivity index (χ3n) is 4.53. The highest BCUT2D eigenvalue weighted by molar-refractivity contribution is 5.97. The third kappa shape index (κ3) is 4.46. The number of ether oxygens (including phenoxy) is 1. The maximum absolute atomic E-state index is 13.6. The molecule has 2 amide bonds. The summed E-state index contributed by atoms with van der Waals surface area (Å²) in [5.74, 6) is -2.39. The number of carbonyl (C=O) groups is 3. The van der Waals surface area contributed by atoms with E-state index in [-0.39, 0.29) is 23.5 Å². The van der Waals surface area contributed by atoms with Gasteiger partial charge in [0.2, 0.25) is 0 Å². The number of nitrogens with one attached hydrogen (secondary N) is 2. The van der Waals surface area contributed by atoms with Crippen molar-refractivity contribution in [3.8, 4) is 5.75 Å². The van der Waals surface area contributed by atoms with Gasteiger partial charge in [0.15, 0.2) is 6.61 Å². The van der Waals surface area contributed by atoms with E-state index in [1.54, 1.807) is 18.2 Å². The van der Waals surface area contributed by atoms with Crippen molar-refractivity contribution in [1.29, 1.82) is 0 Å². The number of anilines is 1. The van der Waals surface area contributed by atoms with Crippen LogP contribution in [0, 0.1) is 11.2 Å². The first kappa shape index (κ1) is 19.3. The highest BCUT2D eigenvalue weighted by Crippen LogP contribution is 2.45. The molecule has 146 valence electrons. The van der Waals surface area contributed by atoms with E-state index in [0.717, 1.165) is 0 Å². The normalized spacial score (nSPS) is 14.0. The molecular formula is C20H19FN2O5. The minimum absolute atomic E-state index is 0.0310. The fraction of sp³-hybridized carbons (Fsp3) is 0.250. The van der Waals surface area contributed by atoms with Crippen LogP contribution in [0.15, 0.2) is 48.5 Å². The maximum atomic E-state index is 13.6. The molecule has 7 nitrogen and oxygen atoms in total. The molecule has 3 N–H and O–H groups in total. The second-order valence-electron chi connectivity index (χ2n) is 6.58. The van der Waals surface area contributed by atoms with Gasteiger partial charge in [-0.25, -0.2) is 4.39 Å². The number of aliphatic carboxylic acids is 1. The van der Waals surface area contributed by atoms with E-state index in [2.05, 4.69) is 10.6 Å². The first-order valence-electron chi connectivity index (χ1n) is 8.69. The molecule has 1 saturated carbocycles. The molecule has 0 aliphatic heterocycles. The van der Waals surface area contributed by atoms with E-state index in [1.807, 2.05) is 0 Å². The first-order chi connectivity index (χ1) is 13.4. The molecule has 1 aliphatic rings. The van der Waals surface area contributed by atoms with Crippen LogP contribution in [-0.2, 0) is 9.59 Å². The molecule has 1 fully saturated rings. The molecule has 0 radical (unpaired) electrons. The molecule has 2 aromatic rings. The summed E-state index contributed by atoms with van der Waals surface area (Å²) in [6, 6.07) is 12.0. The van der Waals surface area contributed by atoms with Gasteiger partial charge in [0, 0.05) is 6.54 Å². The van der Waals surface area contributed by atoms with Crippen molar-refractivity contribution in [3.05, 3.63) is 59.9 Å². The van der Waals surface area contributed by atoms with Crippen LogP contribution in [0.5, 0.6) is 5.75 Å². The highest BCUT2D eigenvalue weighted by atomic mass is 19.1. The molecule has 1 aliphatic carbocycles. The van der Waals surface area contributed by atoms with Gasteiger partial charge in [-0.15, -0.1) is 0 Å². The summed E-state index contributed by atoms with van der Waals surface area (Å²) in [5, 5.41) is 14.2. The second-order valence-corrected chi connectivity index (χ2v) is 6.58. The van der Waals surface area contributed by atoms with E-state index in [1.165, 1.54) is 30.3 Å². The molecule has 2 aromatic carbocycles. The minimum atomic E-state index is -0.929. The number of carbonyl (C=O) groups excluding carboxylic acids is 2. The zero-order valence-electron chi connectivity index (χ0n) is 14.9. The van der Waals surface area contributed by atoms with Crippen LogP contribution in [0.1, 0.15) is 23.2 Å². The quantitative estimate of drug-likeness (QED) is 0.646. The topological polar surface area (TPSA) is 105 Å². The zero-order valence-corrected chi connectivity index (χ0v) is 14.9. The standard InChI is InChI=1S/C20H19FN2O5/c21-14-6-2-3-7-15(14)23-17(24)11-28-16-8-4-1-5-13(16)18(25)22-12-20(9-10-20)19(26)27/h1-8H,9-12H2,(H,22,25)(H,23,24)(H,26,27). The number of rotatable bonds is 8. The lowest BCUT2D eigenvalue weighted by Gasteiger charge is -2.14. The Kier molecular flexibility index (Phi) is 5.58. The van der Waals surface area contributed by atoms with Crippen molar-refractivity contribution >= 4 is 23.5 Å². The van der Waals surface area contributed by atoms with Crippen molar-refractivity contribution in [2.24, 2.45) is 5.41 Å². The molecule has 0 heterocycles. The Morgan fingerprint density at radius 2 is 1.75 bits per heavy atom. The Morgan fingerprint density at radius 3 is 2.43 bits per heavy atom. The van der Waals surface area contributed by atoms with Crippen molar-refractivity contribution < 1.29 is 28.6 Å². The Hall–Kier alpha value is -3.42. The molecule has 8 heteroatoms. The van der Waals surface area contributed by atoms with Crippen molar-refractivity contribution in [1.82, 2.24) is 5.32 Å². The smallest absolute Gasteiger partial charge is 0.311 e. The van der Waals surface area contributed by atoms with Gasteiger partial charge in [-0.1, -0.05) is 24.3 Å². The number of para-hydroxylation sites is 2. The average molecular weight is 386 g/mol. The van der Waals surface area contributed by atoms with E-state index < -0.39 is 35.6 Å². The molecule has 3 rings (SSSR count). The van der Waals surface area contributed by atoms with Gasteiger partial charge in [0.25, 0.3) is 11.8 Å².